The van der Waals surface area contributed by atoms with Crippen LogP contribution in [0.5, 0.6) is 11.5 Å². The molecule has 1 atom stereocenters. The fourth-order valence-electron chi connectivity index (χ4n) is 3.00. The molecule has 28 heavy (non-hydrogen) atoms. The van der Waals surface area contributed by atoms with Gasteiger partial charge in [0, 0.05) is 16.5 Å². The topological polar surface area (TPSA) is 102 Å². The van der Waals surface area contributed by atoms with Gasteiger partial charge in [0.15, 0.2) is 0 Å². The highest BCUT2D eigenvalue weighted by Crippen LogP contribution is 2.44. The second kappa shape index (κ2) is 7.03. The van der Waals surface area contributed by atoms with Crippen molar-refractivity contribution in [1.82, 2.24) is 0 Å². The molecule has 0 amide bonds. The molecular formula is C20H14N2O4S2. The third-order valence-electron chi connectivity index (χ3n) is 4.26. The highest BCUT2D eigenvalue weighted by Gasteiger charge is 2.32. The van der Waals surface area contributed by atoms with E-state index in [0.29, 0.717) is 11.3 Å². The molecule has 2 aromatic carbocycles. The van der Waals surface area contributed by atoms with Gasteiger partial charge >= 0.3 is 10.1 Å². The normalized spacial score (nSPS) is 16.0. The predicted octanol–water partition coefficient (Wildman–Crippen LogP) is 3.73. The summed E-state index contributed by atoms with van der Waals surface area (Å²) in [4.78, 5) is 0.992. The number of rotatable bonds is 4. The SMILES string of the molecule is N#CC1=C(N)Oc2cc(OS(=O)(=O)c3ccccc3)ccc2C1c1cccs1. The summed E-state index contributed by atoms with van der Waals surface area (Å²) in [5.41, 5.74) is 6.99. The van der Waals surface area contributed by atoms with Crippen LogP contribution in [-0.4, -0.2) is 8.42 Å². The summed E-state index contributed by atoms with van der Waals surface area (Å²) in [7, 11) is -3.97. The van der Waals surface area contributed by atoms with E-state index in [9.17, 15) is 13.7 Å². The maximum Gasteiger partial charge on any atom is 0.339 e. The molecule has 0 bridgehead atoms. The first-order chi connectivity index (χ1) is 13.5. The van der Waals surface area contributed by atoms with Gasteiger partial charge in [-0.1, -0.05) is 30.3 Å². The Morgan fingerprint density at radius 1 is 1.11 bits per heavy atom. The molecule has 3 aromatic rings. The quantitative estimate of drug-likeness (QED) is 0.658. The number of thiophene rings is 1. The van der Waals surface area contributed by atoms with E-state index in [0.717, 1.165) is 10.4 Å². The first kappa shape index (κ1) is 18.1. The number of hydrogen-bond donors (Lipinski definition) is 1. The van der Waals surface area contributed by atoms with Crippen molar-refractivity contribution in [2.75, 3.05) is 0 Å². The minimum absolute atomic E-state index is 0.00327. The zero-order chi connectivity index (χ0) is 19.7. The van der Waals surface area contributed by atoms with Gasteiger partial charge < -0.3 is 14.7 Å². The molecule has 1 aromatic heterocycles. The lowest BCUT2D eigenvalue weighted by atomic mass is 9.88. The molecule has 0 spiro atoms. The van der Waals surface area contributed by atoms with Crippen LogP contribution in [0.3, 0.4) is 0 Å². The zero-order valence-electron chi connectivity index (χ0n) is 14.4. The molecule has 1 aliphatic heterocycles. The van der Waals surface area contributed by atoms with Crippen molar-refractivity contribution in [1.29, 1.82) is 5.26 Å². The Kier molecular flexibility index (Phi) is 4.55. The molecule has 140 valence electrons. The molecule has 1 unspecified atom stereocenters. The van der Waals surface area contributed by atoms with E-state index in [1.54, 1.807) is 30.3 Å². The maximum atomic E-state index is 12.4. The van der Waals surface area contributed by atoms with Crippen LogP contribution in [0.25, 0.3) is 0 Å². The number of nitrogens with two attached hydrogens (primary N) is 1. The molecule has 8 heteroatoms. The Hall–Kier alpha value is -3.28. The molecule has 0 saturated carbocycles. The van der Waals surface area contributed by atoms with Crippen LogP contribution in [0.1, 0.15) is 16.4 Å². The van der Waals surface area contributed by atoms with Crippen LogP contribution in [0.2, 0.25) is 0 Å². The van der Waals surface area contributed by atoms with Crippen molar-refractivity contribution in [2.24, 2.45) is 5.73 Å². The second-order valence-electron chi connectivity index (χ2n) is 5.99. The highest BCUT2D eigenvalue weighted by molar-refractivity contribution is 7.87. The maximum absolute atomic E-state index is 12.4. The summed E-state index contributed by atoms with van der Waals surface area (Å²) in [5.74, 6) is 0.0846. The van der Waals surface area contributed by atoms with Gasteiger partial charge in [0.05, 0.1) is 5.92 Å². The lowest BCUT2D eigenvalue weighted by Gasteiger charge is -2.25. The van der Waals surface area contributed by atoms with Gasteiger partial charge in [0.25, 0.3) is 0 Å². The van der Waals surface area contributed by atoms with Crippen LogP contribution < -0.4 is 14.7 Å². The van der Waals surface area contributed by atoms with E-state index < -0.39 is 10.1 Å². The standard InChI is InChI=1S/C20H14N2O4S2/c21-12-16-19(18-7-4-10-27-18)15-9-8-13(11-17(15)25-20(16)22)26-28(23,24)14-5-2-1-3-6-14/h1-11,19H,22H2. The first-order valence-electron chi connectivity index (χ1n) is 8.24. The summed E-state index contributed by atoms with van der Waals surface area (Å²) in [6.07, 6.45) is 0. The average molecular weight is 410 g/mol. The van der Waals surface area contributed by atoms with Crippen molar-refractivity contribution in [2.45, 2.75) is 10.8 Å². The van der Waals surface area contributed by atoms with Crippen molar-refractivity contribution in [3.05, 3.63) is 87.9 Å². The lowest BCUT2D eigenvalue weighted by Crippen LogP contribution is -2.20. The van der Waals surface area contributed by atoms with E-state index in [4.69, 9.17) is 14.7 Å². The Bertz CT molecular complexity index is 1190. The first-order valence-corrected chi connectivity index (χ1v) is 10.5. The minimum Gasteiger partial charge on any atom is -0.440 e. The molecule has 0 fully saturated rings. The summed E-state index contributed by atoms with van der Waals surface area (Å²) in [6, 6.07) is 18.5. The van der Waals surface area contributed by atoms with E-state index >= 15 is 0 Å². The van der Waals surface area contributed by atoms with Crippen LogP contribution in [0.4, 0.5) is 0 Å². The summed E-state index contributed by atoms with van der Waals surface area (Å²) >= 11 is 1.50. The van der Waals surface area contributed by atoms with Crippen LogP contribution in [0.15, 0.2) is 82.4 Å². The molecule has 0 saturated heterocycles. The number of nitrogens with zero attached hydrogens (tertiary/aromatic N) is 1. The number of nitriles is 1. The molecular weight excluding hydrogens is 396 g/mol. The van der Waals surface area contributed by atoms with Gasteiger partial charge in [-0.15, -0.1) is 11.3 Å². The second-order valence-corrected chi connectivity index (χ2v) is 8.52. The van der Waals surface area contributed by atoms with Crippen molar-refractivity contribution >= 4 is 21.5 Å². The smallest absolute Gasteiger partial charge is 0.339 e. The van der Waals surface area contributed by atoms with Gasteiger partial charge in [-0.25, -0.2) is 0 Å². The van der Waals surface area contributed by atoms with Crippen molar-refractivity contribution in [3.63, 3.8) is 0 Å². The number of allylic oxidation sites excluding steroid dienone is 1. The van der Waals surface area contributed by atoms with E-state index in [2.05, 4.69) is 6.07 Å². The monoisotopic (exact) mass is 410 g/mol. The molecule has 2 N–H and O–H groups in total. The minimum atomic E-state index is -3.97. The average Bonchev–Trinajstić information content (AvgIpc) is 3.21. The molecule has 6 nitrogen and oxygen atoms in total. The third kappa shape index (κ3) is 3.22. The summed E-state index contributed by atoms with van der Waals surface area (Å²) < 4.78 is 35.7. The van der Waals surface area contributed by atoms with Crippen LogP contribution in [-0.2, 0) is 10.1 Å². The molecule has 0 aliphatic carbocycles. The fraction of sp³-hybridized carbons (Fsp3) is 0.0500. The van der Waals surface area contributed by atoms with Gasteiger partial charge in [-0.2, -0.15) is 13.7 Å². The van der Waals surface area contributed by atoms with Gasteiger partial charge in [0.1, 0.15) is 28.0 Å². The molecule has 2 heterocycles. The largest absolute Gasteiger partial charge is 0.440 e. The Morgan fingerprint density at radius 2 is 1.89 bits per heavy atom. The van der Waals surface area contributed by atoms with Gasteiger partial charge in [0.2, 0.25) is 5.88 Å². The Balaban J connectivity index is 1.73. The molecule has 0 radical (unpaired) electrons. The Morgan fingerprint density at radius 3 is 2.57 bits per heavy atom. The zero-order valence-corrected chi connectivity index (χ0v) is 16.0. The molecule has 4 rings (SSSR count). The van der Waals surface area contributed by atoms with Gasteiger partial charge in [-0.3, -0.25) is 0 Å². The summed E-state index contributed by atoms with van der Waals surface area (Å²) in [5, 5.41) is 11.4. The number of fused-ring (bicyclic) bond motifs is 1. The third-order valence-corrected chi connectivity index (χ3v) is 6.45. The number of benzene rings is 2. The summed E-state index contributed by atoms with van der Waals surface area (Å²) in [6.45, 7) is 0. The van der Waals surface area contributed by atoms with Gasteiger partial charge in [-0.05, 0) is 29.6 Å². The van der Waals surface area contributed by atoms with E-state index in [1.165, 1.54) is 29.5 Å². The Labute approximate surface area is 166 Å². The predicted molar refractivity (Wildman–Crippen MR) is 104 cm³/mol. The highest BCUT2D eigenvalue weighted by atomic mass is 32.2. The molecule has 1 aliphatic rings. The van der Waals surface area contributed by atoms with Crippen molar-refractivity contribution in [3.8, 4) is 17.6 Å². The van der Waals surface area contributed by atoms with Crippen LogP contribution >= 0.6 is 11.3 Å². The number of ether oxygens (including phenoxy) is 1. The van der Waals surface area contributed by atoms with E-state index in [-0.39, 0.29) is 22.4 Å². The number of hydrogen-bond acceptors (Lipinski definition) is 7. The van der Waals surface area contributed by atoms with Crippen LogP contribution in [0, 0.1) is 11.3 Å². The fourth-order valence-corrected chi connectivity index (χ4v) is 4.79. The van der Waals surface area contributed by atoms with Crippen molar-refractivity contribution < 1.29 is 17.3 Å². The lowest BCUT2D eigenvalue weighted by molar-refractivity contribution is 0.391. The van der Waals surface area contributed by atoms with E-state index in [1.807, 2.05) is 17.5 Å².